The van der Waals surface area contributed by atoms with Crippen molar-refractivity contribution in [3.05, 3.63) is 0 Å². The standard InChI is InChI=1S/C5H13NO/c1-5(4-7)2-3-6/h5,7H,2-4,6H2,1H3/p+1. The van der Waals surface area contributed by atoms with Crippen molar-refractivity contribution in [3.8, 4) is 0 Å². The molecule has 0 heterocycles. The number of hydrogen-bond acceptors (Lipinski definition) is 1. The Kier molecular flexibility index (Phi) is 4.04. The molecule has 0 radical (unpaired) electrons. The van der Waals surface area contributed by atoms with E-state index in [-0.39, 0.29) is 0 Å². The maximum Gasteiger partial charge on any atom is 0.0743 e. The third-order valence-electron chi connectivity index (χ3n) is 1.01. The highest BCUT2D eigenvalue weighted by atomic mass is 16.3. The maximum atomic E-state index is 8.44. The van der Waals surface area contributed by atoms with Crippen molar-refractivity contribution in [2.45, 2.75) is 13.3 Å². The van der Waals surface area contributed by atoms with E-state index in [1.165, 1.54) is 0 Å². The summed E-state index contributed by atoms with van der Waals surface area (Å²) in [5.41, 5.74) is 3.66. The molecule has 0 fully saturated rings. The summed E-state index contributed by atoms with van der Waals surface area (Å²) in [6, 6.07) is 0. The van der Waals surface area contributed by atoms with Gasteiger partial charge in [-0.05, 0) is 5.92 Å². The minimum Gasteiger partial charge on any atom is -0.396 e. The van der Waals surface area contributed by atoms with Crippen LogP contribution in [0.3, 0.4) is 0 Å². The topological polar surface area (TPSA) is 47.9 Å². The van der Waals surface area contributed by atoms with Gasteiger partial charge in [-0.2, -0.15) is 0 Å². The van der Waals surface area contributed by atoms with Crippen LogP contribution in [0.15, 0.2) is 0 Å². The van der Waals surface area contributed by atoms with Crippen LogP contribution in [0.1, 0.15) is 13.3 Å². The van der Waals surface area contributed by atoms with Gasteiger partial charge in [0.2, 0.25) is 0 Å². The van der Waals surface area contributed by atoms with Crippen LogP contribution in [0.2, 0.25) is 0 Å². The van der Waals surface area contributed by atoms with E-state index in [0.717, 1.165) is 13.0 Å². The van der Waals surface area contributed by atoms with E-state index in [9.17, 15) is 0 Å². The van der Waals surface area contributed by atoms with Gasteiger partial charge in [-0.15, -0.1) is 0 Å². The van der Waals surface area contributed by atoms with Crippen LogP contribution in [-0.4, -0.2) is 18.3 Å². The van der Waals surface area contributed by atoms with Crippen LogP contribution in [0.4, 0.5) is 0 Å². The van der Waals surface area contributed by atoms with Gasteiger partial charge in [-0.25, -0.2) is 0 Å². The molecule has 2 heteroatoms. The normalized spacial score (nSPS) is 14.1. The monoisotopic (exact) mass is 104 g/mol. The first-order valence-corrected chi connectivity index (χ1v) is 2.71. The summed E-state index contributed by atoms with van der Waals surface area (Å²) < 4.78 is 0. The minimum absolute atomic E-state index is 0.301. The Labute approximate surface area is 44.3 Å². The molecule has 0 aliphatic carbocycles. The van der Waals surface area contributed by atoms with Crippen molar-refractivity contribution in [2.75, 3.05) is 13.2 Å². The number of aliphatic hydroxyl groups excluding tert-OH is 1. The number of aliphatic hydroxyl groups is 1. The van der Waals surface area contributed by atoms with Crippen molar-refractivity contribution in [1.82, 2.24) is 0 Å². The Hall–Kier alpha value is -0.0800. The van der Waals surface area contributed by atoms with E-state index in [1.807, 2.05) is 6.92 Å². The fourth-order valence-corrected chi connectivity index (χ4v) is 0.440. The molecular formula is C5H14NO+. The molecule has 1 atom stereocenters. The molecule has 0 aromatic heterocycles. The molecule has 0 aliphatic heterocycles. The Morgan fingerprint density at radius 1 is 1.71 bits per heavy atom. The van der Waals surface area contributed by atoms with Crippen molar-refractivity contribution in [2.24, 2.45) is 5.92 Å². The summed E-state index contributed by atoms with van der Waals surface area (Å²) in [6.07, 6.45) is 1.04. The Morgan fingerprint density at radius 3 is 2.43 bits per heavy atom. The molecule has 0 amide bonds. The van der Waals surface area contributed by atoms with Gasteiger partial charge < -0.3 is 10.8 Å². The molecule has 0 bridgehead atoms. The van der Waals surface area contributed by atoms with Gasteiger partial charge in [-0.3, -0.25) is 0 Å². The first-order chi connectivity index (χ1) is 3.31. The fourth-order valence-electron chi connectivity index (χ4n) is 0.440. The highest BCUT2D eigenvalue weighted by Gasteiger charge is 1.95. The van der Waals surface area contributed by atoms with E-state index in [2.05, 4.69) is 5.73 Å². The second kappa shape index (κ2) is 4.09. The number of hydrogen-bond donors (Lipinski definition) is 2. The Balaban J connectivity index is 2.83. The van der Waals surface area contributed by atoms with Gasteiger partial charge in [-0.1, -0.05) is 6.92 Å². The average molecular weight is 104 g/mol. The molecule has 0 saturated carbocycles. The Bertz CT molecular complexity index is 39.1. The predicted octanol–water partition coefficient (Wildman–Crippen LogP) is -0.753. The van der Waals surface area contributed by atoms with Crippen LogP contribution in [0.5, 0.6) is 0 Å². The van der Waals surface area contributed by atoms with Crippen LogP contribution >= 0.6 is 0 Å². The van der Waals surface area contributed by atoms with Crippen LogP contribution in [-0.2, 0) is 0 Å². The smallest absolute Gasteiger partial charge is 0.0743 e. The summed E-state index contributed by atoms with van der Waals surface area (Å²) in [6.45, 7) is 3.25. The quantitative estimate of drug-likeness (QED) is 0.486. The third-order valence-corrected chi connectivity index (χ3v) is 1.01. The van der Waals surface area contributed by atoms with E-state index in [0.29, 0.717) is 12.5 Å². The average Bonchev–Trinajstić information content (AvgIpc) is 1.68. The molecule has 0 spiro atoms. The molecular weight excluding hydrogens is 90.1 g/mol. The molecule has 1 unspecified atom stereocenters. The zero-order valence-electron chi connectivity index (χ0n) is 4.85. The van der Waals surface area contributed by atoms with Gasteiger partial charge in [0.15, 0.2) is 0 Å². The second-order valence-corrected chi connectivity index (χ2v) is 1.93. The van der Waals surface area contributed by atoms with Gasteiger partial charge >= 0.3 is 0 Å². The summed E-state index contributed by atoms with van der Waals surface area (Å²) in [7, 11) is 0. The second-order valence-electron chi connectivity index (χ2n) is 1.93. The molecule has 0 aliphatic rings. The molecule has 0 aromatic carbocycles. The summed E-state index contributed by atoms with van der Waals surface area (Å²) in [4.78, 5) is 0. The molecule has 2 nitrogen and oxygen atoms in total. The summed E-state index contributed by atoms with van der Waals surface area (Å²) >= 11 is 0. The summed E-state index contributed by atoms with van der Waals surface area (Å²) in [5, 5.41) is 8.44. The van der Waals surface area contributed by atoms with Gasteiger partial charge in [0, 0.05) is 13.0 Å². The molecule has 0 aromatic rings. The molecule has 0 rings (SSSR count). The summed E-state index contributed by atoms with van der Waals surface area (Å²) in [5.74, 6) is 0.442. The molecule has 44 valence electrons. The maximum absolute atomic E-state index is 8.44. The first kappa shape index (κ1) is 6.92. The van der Waals surface area contributed by atoms with Crippen LogP contribution in [0, 0.1) is 5.92 Å². The van der Waals surface area contributed by atoms with Crippen LogP contribution < -0.4 is 5.73 Å². The minimum atomic E-state index is 0.301. The highest BCUT2D eigenvalue weighted by Crippen LogP contribution is 1.94. The van der Waals surface area contributed by atoms with Crippen molar-refractivity contribution in [1.29, 1.82) is 0 Å². The SMILES string of the molecule is CC(CO)CC[NH3+]. The van der Waals surface area contributed by atoms with Crippen molar-refractivity contribution < 1.29 is 10.8 Å². The van der Waals surface area contributed by atoms with Crippen molar-refractivity contribution >= 4 is 0 Å². The van der Waals surface area contributed by atoms with E-state index >= 15 is 0 Å². The lowest BCUT2D eigenvalue weighted by molar-refractivity contribution is -0.370. The van der Waals surface area contributed by atoms with Gasteiger partial charge in [0.25, 0.3) is 0 Å². The van der Waals surface area contributed by atoms with Gasteiger partial charge in [0.1, 0.15) is 0 Å². The lowest BCUT2D eigenvalue weighted by atomic mass is 10.1. The Morgan fingerprint density at radius 2 is 2.29 bits per heavy atom. The first-order valence-electron chi connectivity index (χ1n) is 2.71. The van der Waals surface area contributed by atoms with E-state index in [1.54, 1.807) is 0 Å². The fraction of sp³-hybridized carbons (Fsp3) is 1.00. The lowest BCUT2D eigenvalue weighted by Crippen LogP contribution is -2.50. The zero-order chi connectivity index (χ0) is 5.70. The van der Waals surface area contributed by atoms with Gasteiger partial charge in [0.05, 0.1) is 6.54 Å². The van der Waals surface area contributed by atoms with E-state index in [4.69, 9.17) is 5.11 Å². The van der Waals surface area contributed by atoms with Crippen LogP contribution in [0.25, 0.3) is 0 Å². The van der Waals surface area contributed by atoms with Crippen molar-refractivity contribution in [3.63, 3.8) is 0 Å². The molecule has 0 saturated heterocycles. The number of rotatable bonds is 3. The number of quaternary nitrogens is 1. The predicted molar refractivity (Wildman–Crippen MR) is 28.6 cm³/mol. The third kappa shape index (κ3) is 3.76. The molecule has 4 N–H and O–H groups in total. The highest BCUT2D eigenvalue weighted by molar-refractivity contribution is 4.45. The zero-order valence-corrected chi connectivity index (χ0v) is 4.85. The van der Waals surface area contributed by atoms with E-state index < -0.39 is 0 Å². The largest absolute Gasteiger partial charge is 0.396 e. The lowest BCUT2D eigenvalue weighted by Gasteiger charge is -2.00. The molecule has 7 heavy (non-hydrogen) atoms.